The zero-order chi connectivity index (χ0) is 12.3. The van der Waals surface area contributed by atoms with Crippen LogP contribution in [0.25, 0.3) is 0 Å². The Hall–Kier alpha value is -0.580. The molecule has 1 aliphatic carbocycles. The maximum Gasteiger partial charge on any atom is 0.251 e. The number of nitrogens with two attached hydrogens (primary N) is 1. The van der Waals surface area contributed by atoms with Crippen LogP contribution < -0.4 is 11.1 Å². The fraction of sp³-hybridized carbons (Fsp3) is 0.462. The van der Waals surface area contributed by atoms with Crippen molar-refractivity contribution in [2.45, 2.75) is 37.8 Å². The molecule has 3 N–H and O–H groups in total. The molecule has 2 atom stereocenters. The Morgan fingerprint density at radius 1 is 1.22 bits per heavy atom. The van der Waals surface area contributed by atoms with E-state index in [1.165, 1.54) is 6.42 Å². The Bertz CT molecular complexity index is 396. The van der Waals surface area contributed by atoms with Gasteiger partial charge in [0.15, 0.2) is 0 Å². The fourth-order valence-electron chi connectivity index (χ4n) is 2.19. The van der Waals surface area contributed by atoms with Gasteiger partial charge in [-0.05, 0) is 37.1 Å². The zero-order valence-corrected chi connectivity index (χ0v) is 12.5. The third kappa shape index (κ3) is 3.97. The molecule has 2 rings (SSSR count). The summed E-state index contributed by atoms with van der Waals surface area (Å²) in [4.78, 5) is 12.0. The number of carbonyl (C=O) groups is 1. The first-order valence-corrected chi connectivity index (χ1v) is 6.78. The smallest absolute Gasteiger partial charge is 0.251 e. The van der Waals surface area contributed by atoms with Gasteiger partial charge in [-0.15, -0.1) is 12.4 Å². The predicted octanol–water partition coefficient (Wildman–Crippen LogP) is 2.87. The molecule has 0 spiro atoms. The van der Waals surface area contributed by atoms with Crippen molar-refractivity contribution in [2.75, 3.05) is 0 Å². The minimum absolute atomic E-state index is 0. The first-order chi connectivity index (χ1) is 8.16. The summed E-state index contributed by atoms with van der Waals surface area (Å²) in [7, 11) is 0. The van der Waals surface area contributed by atoms with Gasteiger partial charge in [0.1, 0.15) is 0 Å². The number of benzene rings is 1. The molecule has 0 heterocycles. The highest BCUT2D eigenvalue weighted by atomic mass is 79.9. The van der Waals surface area contributed by atoms with E-state index in [-0.39, 0.29) is 30.4 Å². The van der Waals surface area contributed by atoms with E-state index in [1.54, 1.807) is 0 Å². The van der Waals surface area contributed by atoms with Crippen molar-refractivity contribution in [2.24, 2.45) is 5.73 Å². The summed E-state index contributed by atoms with van der Waals surface area (Å²) in [5.41, 5.74) is 6.69. The highest BCUT2D eigenvalue weighted by Crippen LogP contribution is 2.17. The van der Waals surface area contributed by atoms with Crippen molar-refractivity contribution in [3.8, 4) is 0 Å². The average molecular weight is 334 g/mol. The molecular weight excluding hydrogens is 316 g/mol. The van der Waals surface area contributed by atoms with E-state index in [1.807, 2.05) is 24.3 Å². The second-order valence-corrected chi connectivity index (χ2v) is 5.45. The molecule has 0 aliphatic heterocycles. The van der Waals surface area contributed by atoms with Gasteiger partial charge in [0.25, 0.3) is 5.91 Å². The van der Waals surface area contributed by atoms with E-state index >= 15 is 0 Å². The number of hydrogen-bond donors (Lipinski definition) is 2. The maximum atomic E-state index is 12.0. The van der Waals surface area contributed by atoms with Crippen LogP contribution in [-0.4, -0.2) is 18.0 Å². The maximum absolute atomic E-state index is 12.0. The molecule has 1 aromatic carbocycles. The van der Waals surface area contributed by atoms with E-state index in [2.05, 4.69) is 21.2 Å². The minimum atomic E-state index is -0.0279. The van der Waals surface area contributed by atoms with Gasteiger partial charge in [0.05, 0.1) is 0 Å². The number of amides is 1. The molecule has 5 heteroatoms. The van der Waals surface area contributed by atoms with Gasteiger partial charge < -0.3 is 11.1 Å². The van der Waals surface area contributed by atoms with Crippen molar-refractivity contribution in [1.82, 2.24) is 5.32 Å². The third-order valence-corrected chi connectivity index (χ3v) is 3.77. The first-order valence-electron chi connectivity index (χ1n) is 5.99. The largest absolute Gasteiger partial charge is 0.348 e. The lowest BCUT2D eigenvalue weighted by Crippen LogP contribution is -2.49. The van der Waals surface area contributed by atoms with Gasteiger partial charge in [0.2, 0.25) is 0 Å². The van der Waals surface area contributed by atoms with Gasteiger partial charge >= 0.3 is 0 Å². The van der Waals surface area contributed by atoms with Gasteiger partial charge in [-0.1, -0.05) is 28.8 Å². The summed E-state index contributed by atoms with van der Waals surface area (Å²) in [6, 6.07) is 7.59. The number of rotatable bonds is 2. The SMILES string of the molecule is Cl.N[C@H]1CCCC[C@H]1NC(=O)c1ccc(Br)cc1. The molecule has 1 amide bonds. The lowest BCUT2D eigenvalue weighted by molar-refractivity contribution is 0.0921. The summed E-state index contributed by atoms with van der Waals surface area (Å²) in [6.07, 6.45) is 4.32. The standard InChI is InChI=1S/C13H17BrN2O.ClH/c14-10-7-5-9(6-8-10)13(17)16-12-4-2-1-3-11(12)15;/h5-8,11-12H,1-4,15H2,(H,16,17);1H/t11-,12+;/m0./s1. The van der Waals surface area contributed by atoms with Crippen molar-refractivity contribution in [1.29, 1.82) is 0 Å². The summed E-state index contributed by atoms with van der Waals surface area (Å²) in [5.74, 6) is -0.0279. The summed E-state index contributed by atoms with van der Waals surface area (Å²) < 4.78 is 0.975. The van der Waals surface area contributed by atoms with Crippen LogP contribution in [0.5, 0.6) is 0 Å². The lowest BCUT2D eigenvalue weighted by atomic mass is 9.91. The predicted molar refractivity (Wildman–Crippen MR) is 79.1 cm³/mol. The van der Waals surface area contributed by atoms with Gasteiger partial charge in [-0.3, -0.25) is 4.79 Å². The van der Waals surface area contributed by atoms with Gasteiger partial charge in [-0.2, -0.15) is 0 Å². The van der Waals surface area contributed by atoms with Crippen LogP contribution in [0.15, 0.2) is 28.7 Å². The lowest BCUT2D eigenvalue weighted by Gasteiger charge is -2.29. The molecule has 1 saturated carbocycles. The van der Waals surface area contributed by atoms with Crippen LogP contribution >= 0.6 is 28.3 Å². The number of carbonyl (C=O) groups excluding carboxylic acids is 1. The Kier molecular flexibility index (Phi) is 6.12. The molecule has 3 nitrogen and oxygen atoms in total. The molecule has 1 aliphatic rings. The monoisotopic (exact) mass is 332 g/mol. The van der Waals surface area contributed by atoms with E-state index in [9.17, 15) is 4.79 Å². The van der Waals surface area contributed by atoms with Gasteiger partial charge in [-0.25, -0.2) is 0 Å². The van der Waals surface area contributed by atoms with E-state index in [4.69, 9.17) is 5.73 Å². The second-order valence-electron chi connectivity index (χ2n) is 4.54. The van der Waals surface area contributed by atoms with E-state index < -0.39 is 0 Å². The molecule has 1 aromatic rings. The number of halogens is 2. The normalized spacial score (nSPS) is 23.0. The summed E-state index contributed by atoms with van der Waals surface area (Å²) >= 11 is 3.35. The zero-order valence-electron chi connectivity index (χ0n) is 10.1. The molecule has 0 unspecified atom stereocenters. The molecule has 18 heavy (non-hydrogen) atoms. The molecular formula is C13H18BrClN2O. The van der Waals surface area contributed by atoms with Crippen LogP contribution in [-0.2, 0) is 0 Å². The quantitative estimate of drug-likeness (QED) is 0.874. The van der Waals surface area contributed by atoms with Crippen LogP contribution in [0.3, 0.4) is 0 Å². The van der Waals surface area contributed by atoms with Crippen LogP contribution in [0.1, 0.15) is 36.0 Å². The van der Waals surface area contributed by atoms with E-state index in [0.29, 0.717) is 5.56 Å². The van der Waals surface area contributed by atoms with Crippen LogP contribution in [0.2, 0.25) is 0 Å². The number of hydrogen-bond acceptors (Lipinski definition) is 2. The highest BCUT2D eigenvalue weighted by Gasteiger charge is 2.23. The van der Waals surface area contributed by atoms with Crippen molar-refractivity contribution in [3.05, 3.63) is 34.3 Å². The number of nitrogens with one attached hydrogen (secondary N) is 1. The van der Waals surface area contributed by atoms with Crippen molar-refractivity contribution < 1.29 is 4.79 Å². The molecule has 0 bridgehead atoms. The first kappa shape index (κ1) is 15.5. The average Bonchev–Trinajstić information content (AvgIpc) is 2.33. The molecule has 1 fully saturated rings. The van der Waals surface area contributed by atoms with Crippen LogP contribution in [0, 0.1) is 0 Å². The van der Waals surface area contributed by atoms with Crippen molar-refractivity contribution in [3.63, 3.8) is 0 Å². The van der Waals surface area contributed by atoms with Gasteiger partial charge in [0, 0.05) is 22.1 Å². The topological polar surface area (TPSA) is 55.1 Å². The Labute approximate surface area is 122 Å². The molecule has 0 saturated heterocycles. The molecule has 0 aromatic heterocycles. The summed E-state index contributed by atoms with van der Waals surface area (Å²) in [6.45, 7) is 0. The van der Waals surface area contributed by atoms with Crippen molar-refractivity contribution >= 4 is 34.2 Å². The third-order valence-electron chi connectivity index (χ3n) is 3.24. The van der Waals surface area contributed by atoms with Crippen LogP contribution in [0.4, 0.5) is 0 Å². The fourth-order valence-corrected chi connectivity index (χ4v) is 2.46. The Morgan fingerprint density at radius 2 is 1.83 bits per heavy atom. The second kappa shape index (κ2) is 7.12. The molecule has 0 radical (unpaired) electrons. The Morgan fingerprint density at radius 3 is 2.44 bits per heavy atom. The Balaban J connectivity index is 0.00000162. The summed E-state index contributed by atoms with van der Waals surface area (Å²) in [5, 5.41) is 3.03. The van der Waals surface area contributed by atoms with E-state index in [0.717, 1.165) is 23.7 Å². The highest BCUT2D eigenvalue weighted by molar-refractivity contribution is 9.10. The minimum Gasteiger partial charge on any atom is -0.348 e. The molecule has 100 valence electrons.